The van der Waals surface area contributed by atoms with E-state index in [0.717, 1.165) is 22.7 Å². The first-order chi connectivity index (χ1) is 12.0. The molecule has 0 N–H and O–H groups in total. The lowest BCUT2D eigenvalue weighted by atomic mass is 10.2. The van der Waals surface area contributed by atoms with Crippen LogP contribution in [0.4, 0.5) is 22.7 Å². The van der Waals surface area contributed by atoms with Gasteiger partial charge in [0, 0.05) is 49.2 Å². The van der Waals surface area contributed by atoms with E-state index in [1.807, 2.05) is 30.9 Å². The average molecular weight is 367 g/mol. The van der Waals surface area contributed by atoms with E-state index in [9.17, 15) is 0 Å². The molecule has 0 unspecified atom stereocenters. The van der Waals surface area contributed by atoms with Crippen molar-refractivity contribution in [2.45, 2.75) is 13.8 Å². The van der Waals surface area contributed by atoms with Crippen LogP contribution in [0, 0.1) is 13.8 Å². The van der Waals surface area contributed by atoms with Crippen LogP contribution in [0.3, 0.4) is 0 Å². The van der Waals surface area contributed by atoms with E-state index in [4.69, 9.17) is 5.11 Å². The third-order valence-electron chi connectivity index (χ3n) is 4.14. The van der Waals surface area contributed by atoms with Crippen molar-refractivity contribution in [2.24, 2.45) is 5.11 Å². The van der Waals surface area contributed by atoms with Crippen molar-refractivity contribution in [3.63, 3.8) is 0 Å². The predicted molar refractivity (Wildman–Crippen MR) is 114 cm³/mol. The van der Waals surface area contributed by atoms with Gasteiger partial charge >= 0.3 is 0 Å². The minimum atomic E-state index is 0. The molecule has 4 heteroatoms. The largest absolute Gasteiger partial charge is 0.378 e. The molecule has 0 saturated heterocycles. The third kappa shape index (κ3) is 4.70. The van der Waals surface area contributed by atoms with Crippen LogP contribution in [0.2, 0.25) is 0 Å². The zero-order valence-electron chi connectivity index (χ0n) is 15.7. The summed E-state index contributed by atoms with van der Waals surface area (Å²) in [6.07, 6.45) is 0. The van der Waals surface area contributed by atoms with Crippen LogP contribution in [0.5, 0.6) is 0 Å². The Kier molecular flexibility index (Phi) is 6.53. The molecule has 0 fully saturated rings. The molecule has 0 spiro atoms. The van der Waals surface area contributed by atoms with Gasteiger partial charge in [-0.1, -0.05) is 35.4 Å². The summed E-state index contributed by atoms with van der Waals surface area (Å²) in [5.41, 5.74) is 6.66. The monoisotopic (exact) mass is 366 g/mol. The van der Waals surface area contributed by atoms with Crippen molar-refractivity contribution in [3.05, 3.63) is 83.9 Å². The van der Waals surface area contributed by atoms with Gasteiger partial charge in [0.1, 0.15) is 5.69 Å². The molecule has 0 amide bonds. The Morgan fingerprint density at radius 2 is 1.08 bits per heavy atom. The molecule has 0 bridgehead atoms. The number of benzene rings is 3. The second-order valence-corrected chi connectivity index (χ2v) is 6.49. The fraction of sp³-hybridized carbons (Fsp3) is 0.182. The Morgan fingerprint density at radius 1 is 0.654 bits per heavy atom. The number of aryl methyl sites for hydroxylation is 2. The maximum absolute atomic E-state index is 4.87. The molecule has 0 aliphatic carbocycles. The molecule has 3 aromatic rings. The van der Waals surface area contributed by atoms with Crippen LogP contribution >= 0.6 is 12.4 Å². The number of nitrogens with zero attached hydrogens (tertiary/aromatic N) is 3. The summed E-state index contributed by atoms with van der Waals surface area (Å²) in [5.74, 6) is 0. The van der Waals surface area contributed by atoms with Crippen molar-refractivity contribution in [1.82, 2.24) is 4.70 Å². The summed E-state index contributed by atoms with van der Waals surface area (Å²) in [6.45, 7) is 4.19. The maximum atomic E-state index is 4.87. The first kappa shape index (κ1) is 19.7. The highest BCUT2D eigenvalue weighted by atomic mass is 35.5. The molecule has 0 aliphatic rings. The maximum Gasteiger partial charge on any atom is 0.238 e. The van der Waals surface area contributed by atoms with Gasteiger partial charge in [0.2, 0.25) is 11.4 Å². The highest BCUT2D eigenvalue weighted by Crippen LogP contribution is 2.26. The van der Waals surface area contributed by atoms with Gasteiger partial charge in [-0.05, 0) is 42.8 Å². The summed E-state index contributed by atoms with van der Waals surface area (Å²) < 4.78 is 1.99. The zero-order valence-corrected chi connectivity index (χ0v) is 16.5. The number of rotatable bonds is 4. The second kappa shape index (κ2) is 8.63. The molecular formula is C22H25ClN3+. The molecule has 0 atom stereocenters. The van der Waals surface area contributed by atoms with Crippen molar-refractivity contribution >= 4 is 35.2 Å². The lowest BCUT2D eigenvalue weighted by molar-refractivity contribution is 0.901. The lowest BCUT2D eigenvalue weighted by Gasteiger charge is -2.11. The van der Waals surface area contributed by atoms with Crippen molar-refractivity contribution in [2.75, 3.05) is 19.0 Å². The van der Waals surface area contributed by atoms with Crippen LogP contribution in [-0.2, 0) is 0 Å². The number of anilines is 1. The van der Waals surface area contributed by atoms with Gasteiger partial charge in [-0.25, -0.2) is 0 Å². The normalized spacial score (nSPS) is 10.0. The molecule has 3 rings (SSSR count). The minimum absolute atomic E-state index is 0. The first-order valence-electron chi connectivity index (χ1n) is 8.45. The molecule has 0 aromatic heterocycles. The summed E-state index contributed by atoms with van der Waals surface area (Å²) in [5, 5.41) is 4.87. The summed E-state index contributed by atoms with van der Waals surface area (Å²) in [7, 11) is 4.08. The summed E-state index contributed by atoms with van der Waals surface area (Å²) in [4.78, 5) is 2.08. The molecule has 0 radical (unpaired) electrons. The van der Waals surface area contributed by atoms with Gasteiger partial charge in [-0.2, -0.15) is 0 Å². The van der Waals surface area contributed by atoms with Crippen LogP contribution in [-0.4, -0.2) is 14.1 Å². The molecule has 26 heavy (non-hydrogen) atoms. The molecule has 134 valence electrons. The molecule has 3 nitrogen and oxygen atoms in total. The number of hydrogen-bond acceptors (Lipinski definition) is 2. The van der Waals surface area contributed by atoms with Crippen LogP contribution in [0.1, 0.15) is 11.1 Å². The van der Waals surface area contributed by atoms with E-state index in [1.165, 1.54) is 11.1 Å². The Bertz CT molecular complexity index is 817. The summed E-state index contributed by atoms with van der Waals surface area (Å²) >= 11 is 0. The van der Waals surface area contributed by atoms with Crippen LogP contribution in [0.15, 0.2) is 77.9 Å². The Morgan fingerprint density at radius 3 is 1.46 bits per heavy atom. The zero-order chi connectivity index (χ0) is 17.8. The third-order valence-corrected chi connectivity index (χ3v) is 4.14. The topological polar surface area (TPSA) is 18.6 Å². The van der Waals surface area contributed by atoms with E-state index >= 15 is 0 Å². The van der Waals surface area contributed by atoms with E-state index in [2.05, 4.69) is 79.4 Å². The molecular weight excluding hydrogens is 342 g/mol. The highest BCUT2D eigenvalue weighted by molar-refractivity contribution is 5.85. The van der Waals surface area contributed by atoms with Crippen molar-refractivity contribution in [3.8, 4) is 0 Å². The Hall–Kier alpha value is -2.65. The number of hydrogen-bond donors (Lipinski definition) is 0. The van der Waals surface area contributed by atoms with Crippen LogP contribution in [0.25, 0.3) is 0 Å². The van der Waals surface area contributed by atoms with Crippen LogP contribution < -0.4 is 9.60 Å². The smallest absolute Gasteiger partial charge is 0.238 e. The van der Waals surface area contributed by atoms with Gasteiger partial charge in [0.05, 0.1) is 0 Å². The quantitative estimate of drug-likeness (QED) is 0.385. The molecule has 0 heterocycles. The van der Waals surface area contributed by atoms with Gasteiger partial charge in [-0.3, -0.25) is 0 Å². The Balaban J connectivity index is 0.00000243. The highest BCUT2D eigenvalue weighted by Gasteiger charge is 2.16. The molecule has 3 aromatic carbocycles. The fourth-order valence-corrected chi connectivity index (χ4v) is 2.57. The average Bonchev–Trinajstić information content (AvgIpc) is 2.62. The van der Waals surface area contributed by atoms with Gasteiger partial charge < -0.3 is 4.90 Å². The van der Waals surface area contributed by atoms with Gasteiger partial charge in [-0.15, -0.1) is 12.4 Å². The van der Waals surface area contributed by atoms with E-state index in [-0.39, 0.29) is 12.4 Å². The Labute approximate surface area is 162 Å². The standard InChI is InChI=1S/C22H24N3.ClH/c1-17-5-11-21(12-6-17)25(22-13-7-18(2)8-14-22)23-19-9-15-20(16-10-19)24(3)4;/h5-16H,1-4H3;1H/q+1;. The number of halogens is 1. The summed E-state index contributed by atoms with van der Waals surface area (Å²) in [6, 6.07) is 25.1. The van der Waals surface area contributed by atoms with Crippen molar-refractivity contribution < 1.29 is 0 Å². The van der Waals surface area contributed by atoms with E-state index < -0.39 is 0 Å². The molecule has 0 aliphatic heterocycles. The fourth-order valence-electron chi connectivity index (χ4n) is 2.57. The predicted octanol–water partition coefficient (Wildman–Crippen LogP) is 6.41. The van der Waals surface area contributed by atoms with E-state index in [1.54, 1.807) is 0 Å². The first-order valence-corrected chi connectivity index (χ1v) is 8.45. The SMILES string of the molecule is Cc1ccc([N+](=Nc2ccc(N(C)C)cc2)c2ccc(C)cc2)cc1.Cl. The lowest BCUT2D eigenvalue weighted by Crippen LogP contribution is -2.07. The minimum Gasteiger partial charge on any atom is -0.378 e. The second-order valence-electron chi connectivity index (χ2n) is 6.49. The number of azo groups is 2. The van der Waals surface area contributed by atoms with Crippen molar-refractivity contribution in [1.29, 1.82) is 0 Å². The van der Waals surface area contributed by atoms with E-state index in [0.29, 0.717) is 0 Å². The van der Waals surface area contributed by atoms with Gasteiger partial charge in [0.25, 0.3) is 0 Å². The molecule has 0 saturated carbocycles. The van der Waals surface area contributed by atoms with Gasteiger partial charge in [0.15, 0.2) is 0 Å².